The van der Waals surface area contributed by atoms with Crippen molar-refractivity contribution < 1.29 is 19.0 Å². The highest BCUT2D eigenvalue weighted by Crippen LogP contribution is 2.39. The van der Waals surface area contributed by atoms with Crippen molar-refractivity contribution in [2.24, 2.45) is 5.41 Å². The zero-order valence-electron chi connectivity index (χ0n) is 20.0. The first-order valence-corrected chi connectivity index (χ1v) is 11.7. The highest BCUT2D eigenvalue weighted by molar-refractivity contribution is 5.82. The van der Waals surface area contributed by atoms with Crippen molar-refractivity contribution in [1.29, 1.82) is 0 Å². The largest absolute Gasteiger partial charge is 0.490 e. The van der Waals surface area contributed by atoms with Crippen LogP contribution in [0, 0.1) is 5.41 Å². The van der Waals surface area contributed by atoms with Crippen LogP contribution in [0.4, 0.5) is 0 Å². The van der Waals surface area contributed by atoms with Gasteiger partial charge in [-0.15, -0.1) is 0 Å². The molecule has 0 saturated carbocycles. The normalized spacial score (nSPS) is 12.2. The van der Waals surface area contributed by atoms with Crippen LogP contribution < -0.4 is 4.74 Å². The molecular weight excluding hydrogens is 412 g/mol. The van der Waals surface area contributed by atoms with Crippen LogP contribution in [-0.4, -0.2) is 25.5 Å². The maximum Gasteiger partial charge on any atom is 0.313 e. The number of hydrogen-bond donors (Lipinski definition) is 0. The topological polar surface area (TPSA) is 44.8 Å². The summed E-state index contributed by atoms with van der Waals surface area (Å²) in [4.78, 5) is 12.4. The van der Waals surface area contributed by atoms with E-state index in [-0.39, 0.29) is 5.97 Å². The molecule has 3 aromatic carbocycles. The van der Waals surface area contributed by atoms with Crippen LogP contribution in [0.25, 0.3) is 22.3 Å². The van der Waals surface area contributed by atoms with Crippen LogP contribution in [0.1, 0.15) is 40.5 Å². The van der Waals surface area contributed by atoms with Gasteiger partial charge in [-0.3, -0.25) is 4.79 Å². The monoisotopic (exact) mass is 446 g/mol. The van der Waals surface area contributed by atoms with Gasteiger partial charge < -0.3 is 14.2 Å². The molecule has 33 heavy (non-hydrogen) atoms. The first-order chi connectivity index (χ1) is 16.0. The first kappa shape index (κ1) is 24.5. The molecule has 0 bridgehead atoms. The average molecular weight is 447 g/mol. The van der Waals surface area contributed by atoms with Gasteiger partial charge in [-0.2, -0.15) is 0 Å². The summed E-state index contributed by atoms with van der Waals surface area (Å²) in [5.41, 5.74) is 3.72. The molecule has 0 spiro atoms. The summed E-state index contributed by atoms with van der Waals surface area (Å²) in [6, 6.07) is 26.6. The minimum absolute atomic E-state index is 0.237. The Balaban J connectivity index is 1.74. The number of benzene rings is 3. The van der Waals surface area contributed by atoms with Crippen molar-refractivity contribution in [2.75, 3.05) is 13.2 Å². The third-order valence-electron chi connectivity index (χ3n) is 5.83. The van der Waals surface area contributed by atoms with Crippen LogP contribution in [0.3, 0.4) is 0 Å². The maximum atomic E-state index is 12.4. The molecule has 0 amide bonds. The van der Waals surface area contributed by atoms with E-state index in [2.05, 4.69) is 42.5 Å². The van der Waals surface area contributed by atoms with Crippen LogP contribution in [0.15, 0.2) is 78.9 Å². The SMILES string of the molecule is CCC(OCCOc1c(-c2ccccc2)cccc1-c1ccccc1)OC(=O)C(C)(C)CC. The quantitative estimate of drug-likeness (QED) is 0.178. The molecule has 3 aromatic rings. The Morgan fingerprint density at radius 1 is 0.788 bits per heavy atom. The summed E-state index contributed by atoms with van der Waals surface area (Å²) in [6.07, 6.45) is 0.718. The highest BCUT2D eigenvalue weighted by Gasteiger charge is 2.29. The van der Waals surface area contributed by atoms with Gasteiger partial charge in [0, 0.05) is 17.5 Å². The number of para-hydroxylation sites is 1. The van der Waals surface area contributed by atoms with E-state index in [0.717, 1.165) is 28.0 Å². The molecule has 3 rings (SSSR count). The van der Waals surface area contributed by atoms with Crippen LogP contribution in [0.5, 0.6) is 5.75 Å². The Labute approximate surface area is 197 Å². The highest BCUT2D eigenvalue weighted by atomic mass is 16.7. The Morgan fingerprint density at radius 2 is 1.33 bits per heavy atom. The Kier molecular flexibility index (Phi) is 8.67. The predicted octanol–water partition coefficient (Wildman–Crippen LogP) is 7.13. The smallest absolute Gasteiger partial charge is 0.313 e. The third-order valence-corrected chi connectivity index (χ3v) is 5.83. The van der Waals surface area contributed by atoms with Gasteiger partial charge in [0.25, 0.3) is 0 Å². The van der Waals surface area contributed by atoms with E-state index in [0.29, 0.717) is 26.1 Å². The van der Waals surface area contributed by atoms with Gasteiger partial charge >= 0.3 is 5.97 Å². The molecule has 0 aromatic heterocycles. The van der Waals surface area contributed by atoms with E-state index < -0.39 is 11.7 Å². The molecule has 0 saturated heterocycles. The minimum atomic E-state index is -0.579. The first-order valence-electron chi connectivity index (χ1n) is 11.7. The van der Waals surface area contributed by atoms with Crippen molar-refractivity contribution in [2.45, 2.75) is 46.8 Å². The molecule has 0 aliphatic carbocycles. The lowest BCUT2D eigenvalue weighted by Gasteiger charge is -2.25. The predicted molar refractivity (Wildman–Crippen MR) is 133 cm³/mol. The van der Waals surface area contributed by atoms with E-state index in [4.69, 9.17) is 14.2 Å². The van der Waals surface area contributed by atoms with Gasteiger partial charge in [0.15, 0.2) is 0 Å². The second-order valence-corrected chi connectivity index (χ2v) is 8.61. The molecule has 4 nitrogen and oxygen atoms in total. The number of carbonyl (C=O) groups is 1. The van der Waals surface area contributed by atoms with E-state index in [9.17, 15) is 4.79 Å². The third kappa shape index (κ3) is 6.45. The molecular formula is C29H34O4. The van der Waals surface area contributed by atoms with Gasteiger partial charge in [-0.05, 0) is 31.4 Å². The van der Waals surface area contributed by atoms with E-state index in [1.807, 2.05) is 64.1 Å². The van der Waals surface area contributed by atoms with Crippen LogP contribution in [-0.2, 0) is 14.3 Å². The summed E-state index contributed by atoms with van der Waals surface area (Å²) >= 11 is 0. The number of ether oxygens (including phenoxy) is 3. The van der Waals surface area contributed by atoms with Gasteiger partial charge in [-0.1, -0.05) is 92.7 Å². The Hall–Kier alpha value is -3.11. The molecule has 1 unspecified atom stereocenters. The average Bonchev–Trinajstić information content (AvgIpc) is 2.86. The van der Waals surface area contributed by atoms with E-state index in [1.165, 1.54) is 0 Å². The Bertz CT molecular complexity index is 955. The second-order valence-electron chi connectivity index (χ2n) is 8.61. The fourth-order valence-corrected chi connectivity index (χ4v) is 3.36. The molecule has 0 aliphatic heterocycles. The molecule has 174 valence electrons. The van der Waals surface area contributed by atoms with Crippen molar-refractivity contribution in [1.82, 2.24) is 0 Å². The molecule has 1 atom stereocenters. The summed E-state index contributed by atoms with van der Waals surface area (Å²) in [7, 11) is 0. The summed E-state index contributed by atoms with van der Waals surface area (Å²) in [5.74, 6) is 0.578. The second kappa shape index (κ2) is 11.7. The molecule has 0 radical (unpaired) electrons. The van der Waals surface area contributed by atoms with Gasteiger partial charge in [0.1, 0.15) is 12.4 Å². The van der Waals surface area contributed by atoms with Crippen molar-refractivity contribution >= 4 is 5.97 Å². The van der Waals surface area contributed by atoms with E-state index >= 15 is 0 Å². The fourth-order valence-electron chi connectivity index (χ4n) is 3.36. The van der Waals surface area contributed by atoms with Crippen molar-refractivity contribution in [3.05, 3.63) is 78.9 Å². The van der Waals surface area contributed by atoms with Gasteiger partial charge in [0.2, 0.25) is 6.29 Å². The lowest BCUT2D eigenvalue weighted by molar-refractivity contribution is -0.190. The standard InChI is InChI=1S/C29H34O4/c1-5-26(33-28(30)29(3,4)6-2)31-20-21-32-27-24(22-14-9-7-10-15-22)18-13-19-25(27)23-16-11-8-12-17-23/h7-19,26H,5-6,20-21H2,1-4H3. The lowest BCUT2D eigenvalue weighted by atomic mass is 9.91. The summed E-state index contributed by atoms with van der Waals surface area (Å²) < 4.78 is 17.7. The molecule has 0 aliphatic rings. The molecule has 4 heteroatoms. The molecule has 0 heterocycles. The lowest BCUT2D eigenvalue weighted by Crippen LogP contribution is -2.31. The van der Waals surface area contributed by atoms with Crippen molar-refractivity contribution in [3.63, 3.8) is 0 Å². The van der Waals surface area contributed by atoms with Crippen molar-refractivity contribution in [3.8, 4) is 28.0 Å². The van der Waals surface area contributed by atoms with Gasteiger partial charge in [-0.25, -0.2) is 0 Å². The number of esters is 1. The van der Waals surface area contributed by atoms with Gasteiger partial charge in [0.05, 0.1) is 12.0 Å². The fraction of sp³-hybridized carbons (Fsp3) is 0.345. The van der Waals surface area contributed by atoms with Crippen LogP contribution in [0.2, 0.25) is 0 Å². The van der Waals surface area contributed by atoms with Crippen LogP contribution >= 0.6 is 0 Å². The van der Waals surface area contributed by atoms with E-state index in [1.54, 1.807) is 0 Å². The minimum Gasteiger partial charge on any atom is -0.490 e. The maximum absolute atomic E-state index is 12.4. The Morgan fingerprint density at radius 3 is 1.82 bits per heavy atom. The zero-order valence-corrected chi connectivity index (χ0v) is 20.0. The number of rotatable bonds is 11. The molecule has 0 fully saturated rings. The molecule has 0 N–H and O–H groups in total. The summed E-state index contributed by atoms with van der Waals surface area (Å²) in [6.45, 7) is 8.35. The summed E-state index contributed by atoms with van der Waals surface area (Å²) in [5, 5.41) is 0. The number of carbonyl (C=O) groups excluding carboxylic acids is 1. The zero-order chi connectivity index (χ0) is 23.7. The number of hydrogen-bond acceptors (Lipinski definition) is 4.